The molecule has 0 aliphatic heterocycles. The number of nitrogens with zero attached hydrogens (tertiary/aromatic N) is 3. The summed E-state index contributed by atoms with van der Waals surface area (Å²) in [5, 5.41) is 13.2. The van der Waals surface area contributed by atoms with E-state index in [2.05, 4.69) is 17.1 Å². The Balaban J connectivity index is 1.69. The van der Waals surface area contributed by atoms with Crippen LogP contribution in [0.15, 0.2) is 64.1 Å². The first-order valence-corrected chi connectivity index (χ1v) is 9.84. The molecule has 2 aromatic heterocycles. The van der Waals surface area contributed by atoms with E-state index in [9.17, 15) is 14.7 Å². The number of carbonyl (C=O) groups is 1. The number of aromatic nitrogens is 3. The Hall–Kier alpha value is -3.74. The molecule has 0 spiro atoms. The van der Waals surface area contributed by atoms with E-state index in [1.165, 1.54) is 6.26 Å². The molecule has 0 aliphatic rings. The van der Waals surface area contributed by atoms with Gasteiger partial charge in [-0.1, -0.05) is 61.0 Å². The molecule has 2 heterocycles. The van der Waals surface area contributed by atoms with Crippen LogP contribution in [0.2, 0.25) is 0 Å². The molecule has 4 rings (SSSR count). The van der Waals surface area contributed by atoms with Gasteiger partial charge in [0.25, 0.3) is 5.56 Å². The lowest BCUT2D eigenvalue weighted by Crippen LogP contribution is -2.26. The molecular weight excluding hydrogens is 382 g/mol. The second-order valence-corrected chi connectivity index (χ2v) is 7.12. The van der Waals surface area contributed by atoms with Crippen molar-refractivity contribution in [2.45, 2.75) is 32.7 Å². The molecule has 0 amide bonds. The maximum Gasteiger partial charge on any atom is 0.336 e. The number of carboxylic acids is 1. The maximum atomic E-state index is 12.9. The zero-order valence-electron chi connectivity index (χ0n) is 16.5. The number of aryl methyl sites for hydroxylation is 1. The molecule has 0 aliphatic carbocycles. The van der Waals surface area contributed by atoms with Crippen LogP contribution in [0.4, 0.5) is 0 Å². The molecule has 7 heteroatoms. The van der Waals surface area contributed by atoms with E-state index in [1.54, 1.807) is 22.8 Å². The highest BCUT2D eigenvalue weighted by atomic mass is 16.5. The van der Waals surface area contributed by atoms with Crippen molar-refractivity contribution in [2.24, 2.45) is 0 Å². The van der Waals surface area contributed by atoms with Crippen LogP contribution < -0.4 is 5.56 Å². The number of unbranched alkanes of at least 4 members (excludes halogenated alkanes) is 1. The number of hydrogen-bond acceptors (Lipinski definition) is 5. The first kappa shape index (κ1) is 19.6. The third-order valence-corrected chi connectivity index (χ3v) is 5.08. The van der Waals surface area contributed by atoms with Gasteiger partial charge in [-0.3, -0.25) is 9.36 Å². The van der Waals surface area contributed by atoms with Gasteiger partial charge in [-0.15, -0.1) is 0 Å². The monoisotopic (exact) mass is 403 g/mol. The largest absolute Gasteiger partial charge is 0.478 e. The number of hydrogen-bond donors (Lipinski definition) is 1. The van der Waals surface area contributed by atoms with Gasteiger partial charge in [-0.05, 0) is 29.2 Å². The number of carboxylic acid groups (broad SMARTS) is 1. The molecule has 4 aromatic rings. The molecule has 7 nitrogen and oxygen atoms in total. The highest BCUT2D eigenvalue weighted by Crippen LogP contribution is 2.24. The van der Waals surface area contributed by atoms with Gasteiger partial charge in [-0.2, -0.15) is 0 Å². The van der Waals surface area contributed by atoms with Gasteiger partial charge in [0.2, 0.25) is 0 Å². The molecule has 0 atom stereocenters. The van der Waals surface area contributed by atoms with Crippen LogP contribution >= 0.6 is 0 Å². The molecule has 30 heavy (non-hydrogen) atoms. The molecule has 1 N–H and O–H groups in total. The van der Waals surface area contributed by atoms with Crippen molar-refractivity contribution < 1.29 is 14.4 Å². The topological polar surface area (TPSA) is 98.2 Å². The SMILES string of the molecule is CCCCc1nc2conc2c(=O)n1Cc1ccc(-c2ccccc2C(=O)O)cc1. The van der Waals surface area contributed by atoms with Crippen molar-refractivity contribution >= 4 is 17.0 Å². The molecule has 0 saturated heterocycles. The predicted molar refractivity (Wildman–Crippen MR) is 113 cm³/mol. The van der Waals surface area contributed by atoms with E-state index in [0.717, 1.165) is 24.0 Å². The van der Waals surface area contributed by atoms with Gasteiger partial charge < -0.3 is 9.63 Å². The van der Waals surface area contributed by atoms with Crippen LogP contribution in [0.5, 0.6) is 0 Å². The first-order chi connectivity index (χ1) is 14.6. The van der Waals surface area contributed by atoms with E-state index < -0.39 is 5.97 Å². The fourth-order valence-corrected chi connectivity index (χ4v) is 3.49. The van der Waals surface area contributed by atoms with Crippen molar-refractivity contribution in [3.8, 4) is 11.1 Å². The standard InChI is InChI=1S/C23H21N3O4/c1-2-3-8-20-24-19-14-30-25-21(19)22(27)26(20)13-15-9-11-16(12-10-15)17-6-4-5-7-18(17)23(28)29/h4-7,9-12,14H,2-3,8,13H2,1H3,(H,28,29). The number of rotatable bonds is 7. The van der Waals surface area contributed by atoms with Crippen LogP contribution in [-0.2, 0) is 13.0 Å². The summed E-state index contributed by atoms with van der Waals surface area (Å²) in [5.41, 5.74) is 3.11. The molecule has 0 radical (unpaired) electrons. The Morgan fingerprint density at radius 2 is 1.90 bits per heavy atom. The Morgan fingerprint density at radius 3 is 2.63 bits per heavy atom. The summed E-state index contributed by atoms with van der Waals surface area (Å²) >= 11 is 0. The number of aromatic carboxylic acids is 1. The fourth-order valence-electron chi connectivity index (χ4n) is 3.49. The van der Waals surface area contributed by atoms with E-state index in [4.69, 9.17) is 4.52 Å². The first-order valence-electron chi connectivity index (χ1n) is 9.84. The van der Waals surface area contributed by atoms with Crippen molar-refractivity contribution in [1.29, 1.82) is 0 Å². The summed E-state index contributed by atoms with van der Waals surface area (Å²) in [7, 11) is 0. The van der Waals surface area contributed by atoms with E-state index in [-0.39, 0.29) is 16.6 Å². The molecule has 0 fully saturated rings. The second kappa shape index (κ2) is 8.32. The van der Waals surface area contributed by atoms with Crippen LogP contribution in [-0.4, -0.2) is 25.8 Å². The summed E-state index contributed by atoms with van der Waals surface area (Å²) < 4.78 is 6.57. The third-order valence-electron chi connectivity index (χ3n) is 5.08. The lowest BCUT2D eigenvalue weighted by Gasteiger charge is -2.13. The van der Waals surface area contributed by atoms with Gasteiger partial charge in [0.15, 0.2) is 5.52 Å². The van der Waals surface area contributed by atoms with Crippen LogP contribution in [0.1, 0.15) is 41.5 Å². The highest BCUT2D eigenvalue weighted by molar-refractivity contribution is 5.96. The zero-order chi connectivity index (χ0) is 21.1. The Morgan fingerprint density at radius 1 is 1.13 bits per heavy atom. The minimum Gasteiger partial charge on any atom is -0.478 e. The Labute approximate surface area is 172 Å². The fraction of sp³-hybridized carbons (Fsp3) is 0.217. The van der Waals surface area contributed by atoms with Crippen molar-refractivity contribution in [1.82, 2.24) is 14.7 Å². The lowest BCUT2D eigenvalue weighted by molar-refractivity contribution is 0.0697. The molecule has 0 unspecified atom stereocenters. The quantitative estimate of drug-likeness (QED) is 0.498. The van der Waals surface area contributed by atoms with Crippen LogP contribution in [0.3, 0.4) is 0 Å². The molecule has 0 bridgehead atoms. The van der Waals surface area contributed by atoms with Gasteiger partial charge in [0.1, 0.15) is 17.6 Å². The summed E-state index contributed by atoms with van der Waals surface area (Å²) in [5.74, 6) is -0.258. The maximum absolute atomic E-state index is 12.9. The number of fused-ring (bicyclic) bond motifs is 1. The molecule has 0 saturated carbocycles. The average Bonchev–Trinajstić information content (AvgIpc) is 3.24. The molecular formula is C23H21N3O4. The van der Waals surface area contributed by atoms with Gasteiger partial charge in [-0.25, -0.2) is 9.78 Å². The Bertz CT molecular complexity index is 1260. The molecule has 152 valence electrons. The summed E-state index contributed by atoms with van der Waals surface area (Å²) in [4.78, 5) is 29.0. The molecule has 2 aromatic carbocycles. The summed E-state index contributed by atoms with van der Waals surface area (Å²) in [6.45, 7) is 2.45. The average molecular weight is 403 g/mol. The summed E-state index contributed by atoms with van der Waals surface area (Å²) in [6.07, 6.45) is 4.01. The van der Waals surface area contributed by atoms with E-state index in [0.29, 0.717) is 29.9 Å². The second-order valence-electron chi connectivity index (χ2n) is 7.12. The number of benzene rings is 2. The van der Waals surface area contributed by atoms with Gasteiger partial charge >= 0.3 is 5.97 Å². The van der Waals surface area contributed by atoms with Gasteiger partial charge in [0, 0.05) is 6.42 Å². The van der Waals surface area contributed by atoms with Crippen molar-refractivity contribution in [3.63, 3.8) is 0 Å². The van der Waals surface area contributed by atoms with Crippen molar-refractivity contribution in [2.75, 3.05) is 0 Å². The lowest BCUT2D eigenvalue weighted by atomic mass is 9.99. The van der Waals surface area contributed by atoms with E-state index >= 15 is 0 Å². The smallest absolute Gasteiger partial charge is 0.336 e. The summed E-state index contributed by atoms with van der Waals surface area (Å²) in [6, 6.07) is 14.4. The highest BCUT2D eigenvalue weighted by Gasteiger charge is 2.15. The Kier molecular flexibility index (Phi) is 5.43. The predicted octanol–water partition coefficient (Wildman–Crippen LogP) is 4.14. The minimum absolute atomic E-state index is 0.222. The van der Waals surface area contributed by atoms with Crippen LogP contribution in [0, 0.1) is 0 Å². The third kappa shape index (κ3) is 3.74. The van der Waals surface area contributed by atoms with E-state index in [1.807, 2.05) is 30.3 Å². The normalized spacial score (nSPS) is 11.1. The van der Waals surface area contributed by atoms with Crippen molar-refractivity contribution in [3.05, 3.63) is 82.1 Å². The van der Waals surface area contributed by atoms with Gasteiger partial charge in [0.05, 0.1) is 12.1 Å². The van der Waals surface area contributed by atoms with Crippen LogP contribution in [0.25, 0.3) is 22.2 Å². The zero-order valence-corrected chi connectivity index (χ0v) is 16.5. The minimum atomic E-state index is -0.964.